The molecule has 94 valence electrons. The van der Waals surface area contributed by atoms with Gasteiger partial charge in [-0.25, -0.2) is 0 Å². The van der Waals surface area contributed by atoms with Crippen molar-refractivity contribution in [1.82, 2.24) is 0 Å². The molecule has 1 aliphatic carbocycles. The molecule has 0 saturated heterocycles. The van der Waals surface area contributed by atoms with Gasteiger partial charge in [-0.05, 0) is 12.0 Å². The fourth-order valence-electron chi connectivity index (χ4n) is 2.50. The zero-order valence-corrected chi connectivity index (χ0v) is 9.28. The van der Waals surface area contributed by atoms with Crippen molar-refractivity contribution in [1.29, 1.82) is 0 Å². The average molecular weight is 240 g/mol. The Balaban J connectivity index is 2.19. The highest BCUT2D eigenvalue weighted by Crippen LogP contribution is 2.37. The summed E-state index contributed by atoms with van der Waals surface area (Å²) in [5.41, 5.74) is 6.25. The molecule has 1 fully saturated rings. The van der Waals surface area contributed by atoms with Crippen molar-refractivity contribution in [2.24, 2.45) is 22.6 Å². The predicted octanol–water partition coefficient (Wildman–Crippen LogP) is -1.45. The number of carbonyl (C=O) groups is 1. The lowest BCUT2D eigenvalue weighted by molar-refractivity contribution is -0.117. The molecule has 5 N–H and O–H groups in total. The van der Waals surface area contributed by atoms with Gasteiger partial charge in [0.25, 0.3) is 5.91 Å². The second kappa shape index (κ2) is 4.56. The number of amidine groups is 1. The van der Waals surface area contributed by atoms with Crippen molar-refractivity contribution in [3.8, 4) is 0 Å². The number of carbonyl (C=O) groups excluding carboxylic acids is 1. The van der Waals surface area contributed by atoms with Gasteiger partial charge in [0.1, 0.15) is 5.84 Å². The second-order valence-electron chi connectivity index (χ2n) is 4.52. The van der Waals surface area contributed by atoms with Crippen LogP contribution in [0.15, 0.2) is 16.6 Å². The van der Waals surface area contributed by atoms with E-state index in [4.69, 9.17) is 10.8 Å². The minimum atomic E-state index is -0.972. The first-order valence-electron chi connectivity index (χ1n) is 5.59. The molecule has 0 bridgehead atoms. The van der Waals surface area contributed by atoms with E-state index in [0.29, 0.717) is 12.0 Å². The van der Waals surface area contributed by atoms with E-state index in [1.807, 2.05) is 0 Å². The maximum Gasteiger partial charge on any atom is 0.251 e. The van der Waals surface area contributed by atoms with Gasteiger partial charge in [0, 0.05) is 24.9 Å². The molecular formula is C11H16N2O4. The SMILES string of the molecule is NC1=NC(=O)CC=C1[C@@H]1C[C@H](CO)[C@@H](O)[C@H]1O. The lowest BCUT2D eigenvalue weighted by atomic mass is 9.91. The number of aliphatic hydroxyl groups excluding tert-OH is 3. The molecule has 1 amide bonds. The van der Waals surface area contributed by atoms with E-state index in [0.717, 1.165) is 0 Å². The van der Waals surface area contributed by atoms with E-state index in [-0.39, 0.29) is 36.6 Å². The molecule has 4 atom stereocenters. The van der Waals surface area contributed by atoms with E-state index in [1.165, 1.54) is 0 Å². The molecule has 1 aliphatic heterocycles. The molecule has 6 nitrogen and oxygen atoms in total. The fourth-order valence-corrected chi connectivity index (χ4v) is 2.50. The van der Waals surface area contributed by atoms with Gasteiger partial charge in [0.2, 0.25) is 0 Å². The molecule has 1 saturated carbocycles. The molecule has 6 heteroatoms. The smallest absolute Gasteiger partial charge is 0.251 e. The van der Waals surface area contributed by atoms with Crippen LogP contribution in [0.4, 0.5) is 0 Å². The minimum Gasteiger partial charge on any atom is -0.396 e. The summed E-state index contributed by atoms with van der Waals surface area (Å²) < 4.78 is 0. The van der Waals surface area contributed by atoms with Crippen LogP contribution in [0.2, 0.25) is 0 Å². The summed E-state index contributed by atoms with van der Waals surface area (Å²) in [6, 6.07) is 0. The zero-order chi connectivity index (χ0) is 12.6. The predicted molar refractivity (Wildman–Crippen MR) is 60.0 cm³/mol. The first kappa shape index (κ1) is 12.2. The summed E-state index contributed by atoms with van der Waals surface area (Å²) in [6.07, 6.45) is 0.316. The number of aliphatic hydroxyl groups is 3. The number of rotatable bonds is 2. The van der Waals surface area contributed by atoms with Crippen LogP contribution in [0.1, 0.15) is 12.8 Å². The lowest BCUT2D eigenvalue weighted by Crippen LogP contribution is -2.33. The largest absolute Gasteiger partial charge is 0.396 e. The molecule has 17 heavy (non-hydrogen) atoms. The second-order valence-corrected chi connectivity index (χ2v) is 4.52. The van der Waals surface area contributed by atoms with Crippen LogP contribution < -0.4 is 5.73 Å². The highest BCUT2D eigenvalue weighted by atomic mass is 16.3. The Bertz CT molecular complexity index is 391. The summed E-state index contributed by atoms with van der Waals surface area (Å²) in [6.45, 7) is -0.183. The Kier molecular flexibility index (Phi) is 3.28. The minimum absolute atomic E-state index is 0.107. The van der Waals surface area contributed by atoms with Crippen LogP contribution in [0.3, 0.4) is 0 Å². The summed E-state index contributed by atoms with van der Waals surface area (Å²) in [4.78, 5) is 14.7. The third-order valence-corrected chi connectivity index (χ3v) is 3.47. The Labute approximate surface area is 98.5 Å². The first-order chi connectivity index (χ1) is 8.04. The van der Waals surface area contributed by atoms with Gasteiger partial charge in [-0.2, -0.15) is 4.99 Å². The van der Waals surface area contributed by atoms with Gasteiger partial charge in [0.15, 0.2) is 0 Å². The van der Waals surface area contributed by atoms with E-state index < -0.39 is 12.2 Å². The van der Waals surface area contributed by atoms with Crippen LogP contribution >= 0.6 is 0 Å². The van der Waals surface area contributed by atoms with Crippen molar-refractivity contribution >= 4 is 11.7 Å². The van der Waals surface area contributed by atoms with Crippen molar-refractivity contribution in [2.45, 2.75) is 25.0 Å². The summed E-state index contributed by atoms with van der Waals surface area (Å²) in [7, 11) is 0. The Morgan fingerprint density at radius 1 is 1.41 bits per heavy atom. The maximum atomic E-state index is 11.0. The molecule has 0 radical (unpaired) electrons. The van der Waals surface area contributed by atoms with Crippen molar-refractivity contribution in [3.05, 3.63) is 11.6 Å². The van der Waals surface area contributed by atoms with Gasteiger partial charge < -0.3 is 21.1 Å². The third-order valence-electron chi connectivity index (χ3n) is 3.47. The number of aliphatic imine (C=N–C) groups is 1. The highest BCUT2D eigenvalue weighted by molar-refractivity contribution is 6.07. The summed E-state index contributed by atoms with van der Waals surface area (Å²) >= 11 is 0. The highest BCUT2D eigenvalue weighted by Gasteiger charge is 2.43. The molecule has 2 rings (SSSR count). The van der Waals surface area contributed by atoms with Crippen LogP contribution in [0.25, 0.3) is 0 Å². The van der Waals surface area contributed by atoms with E-state index in [9.17, 15) is 15.0 Å². The molecule has 0 unspecified atom stereocenters. The van der Waals surface area contributed by atoms with Crippen molar-refractivity contribution in [2.75, 3.05) is 6.61 Å². The molecular weight excluding hydrogens is 224 g/mol. The van der Waals surface area contributed by atoms with E-state index in [1.54, 1.807) is 6.08 Å². The molecule has 0 spiro atoms. The maximum absolute atomic E-state index is 11.0. The summed E-state index contributed by atoms with van der Waals surface area (Å²) in [5, 5.41) is 28.7. The monoisotopic (exact) mass is 240 g/mol. The van der Waals surface area contributed by atoms with Crippen LogP contribution in [0, 0.1) is 11.8 Å². The standard InChI is InChI=1S/C11H16N2O4/c12-11-6(1-2-8(15)13-11)7-3-5(4-14)9(16)10(7)17/h1,5,7,9-10,14,16-17H,2-4H2,(H2,12,13,15)/t5-,7+,9-,10+/m1/s1. The zero-order valence-electron chi connectivity index (χ0n) is 9.28. The number of nitrogens with two attached hydrogens (primary N) is 1. The van der Waals surface area contributed by atoms with Gasteiger partial charge in [0.05, 0.1) is 12.2 Å². The number of nitrogens with zero attached hydrogens (tertiary/aromatic N) is 1. The van der Waals surface area contributed by atoms with Crippen molar-refractivity contribution < 1.29 is 20.1 Å². The van der Waals surface area contributed by atoms with Gasteiger partial charge >= 0.3 is 0 Å². The van der Waals surface area contributed by atoms with Gasteiger partial charge in [-0.3, -0.25) is 4.79 Å². The van der Waals surface area contributed by atoms with Crippen LogP contribution in [0.5, 0.6) is 0 Å². The third kappa shape index (κ3) is 2.11. The number of amides is 1. The lowest BCUT2D eigenvalue weighted by Gasteiger charge is -2.21. The van der Waals surface area contributed by atoms with Gasteiger partial charge in [-0.15, -0.1) is 0 Å². The van der Waals surface area contributed by atoms with Gasteiger partial charge in [-0.1, -0.05) is 6.08 Å². The molecule has 1 heterocycles. The van der Waals surface area contributed by atoms with Crippen molar-refractivity contribution in [3.63, 3.8) is 0 Å². The quantitative estimate of drug-likeness (QED) is 0.471. The topological polar surface area (TPSA) is 116 Å². The number of hydrogen-bond donors (Lipinski definition) is 4. The van der Waals surface area contributed by atoms with Crippen LogP contribution in [-0.4, -0.2) is 45.9 Å². The Morgan fingerprint density at radius 3 is 2.65 bits per heavy atom. The molecule has 0 aromatic carbocycles. The normalized spacial score (nSPS) is 37.9. The van der Waals surface area contributed by atoms with E-state index in [2.05, 4.69) is 4.99 Å². The Hall–Kier alpha value is -1.24. The van der Waals surface area contributed by atoms with E-state index >= 15 is 0 Å². The number of hydrogen-bond acceptors (Lipinski definition) is 5. The molecule has 0 aromatic heterocycles. The first-order valence-corrected chi connectivity index (χ1v) is 5.59. The van der Waals surface area contributed by atoms with Crippen LogP contribution in [-0.2, 0) is 4.79 Å². The Morgan fingerprint density at radius 2 is 2.12 bits per heavy atom. The molecule has 0 aromatic rings. The summed E-state index contributed by atoms with van der Waals surface area (Å²) in [5.74, 6) is -0.922. The number of dihydropyridines is 1. The average Bonchev–Trinajstić information content (AvgIpc) is 2.57. The molecule has 2 aliphatic rings. The fraction of sp³-hybridized carbons (Fsp3) is 0.636.